The largest absolute Gasteiger partial charge is 0.399 e. The van der Waals surface area contributed by atoms with Gasteiger partial charge >= 0.3 is 0 Å². The third-order valence-electron chi connectivity index (χ3n) is 8.12. The van der Waals surface area contributed by atoms with Gasteiger partial charge in [0.05, 0.1) is 11.5 Å². The summed E-state index contributed by atoms with van der Waals surface area (Å²) >= 11 is 0. The molecule has 40 heavy (non-hydrogen) atoms. The van der Waals surface area contributed by atoms with Crippen molar-refractivity contribution in [3.8, 4) is 6.07 Å². The molecule has 2 atom stereocenters. The summed E-state index contributed by atoms with van der Waals surface area (Å²) in [7, 11) is 0. The number of benzene rings is 2. The second-order valence-electron chi connectivity index (χ2n) is 11.2. The molecule has 0 saturated carbocycles. The molecule has 8 heteroatoms. The minimum Gasteiger partial charge on any atom is -0.399 e. The molecule has 2 aliphatic rings. The van der Waals surface area contributed by atoms with Crippen LogP contribution in [0.3, 0.4) is 0 Å². The van der Waals surface area contributed by atoms with E-state index < -0.39 is 11.3 Å². The highest BCUT2D eigenvalue weighted by Gasteiger charge is 2.43. The molecule has 2 aromatic carbocycles. The standard InChI is InChI=1S/C32H41N7O/c1-20(2)38-31(36)32(13-14-37-19-21(3)39-15-5-6-27(39)18-33)28-11-9-23(22(4)34)16-24(28)7-8-25-17-26(30(35)40)10-12-29(25)32/h9-12,16-17,20,27,37H,3-8,13-15,19,34H2,1-2H3,(H2,35,40)(H2,36,38). The van der Waals surface area contributed by atoms with Crippen molar-refractivity contribution in [2.24, 2.45) is 11.5 Å². The summed E-state index contributed by atoms with van der Waals surface area (Å²) in [6, 6.07) is 14.1. The molecule has 1 heterocycles. The number of nitrogens with one attached hydrogen (secondary N) is 3. The van der Waals surface area contributed by atoms with Gasteiger partial charge in [0.15, 0.2) is 0 Å². The van der Waals surface area contributed by atoms with Gasteiger partial charge in [-0.25, -0.2) is 0 Å². The van der Waals surface area contributed by atoms with Crippen molar-refractivity contribution < 1.29 is 4.79 Å². The number of primary amides is 1. The van der Waals surface area contributed by atoms with E-state index in [1.54, 1.807) is 6.07 Å². The van der Waals surface area contributed by atoms with Crippen molar-refractivity contribution in [2.75, 3.05) is 19.6 Å². The van der Waals surface area contributed by atoms with E-state index in [1.165, 1.54) is 0 Å². The van der Waals surface area contributed by atoms with E-state index in [0.717, 1.165) is 59.3 Å². The Labute approximate surface area is 237 Å². The average Bonchev–Trinajstić information content (AvgIpc) is 3.35. The van der Waals surface area contributed by atoms with Gasteiger partial charge in [0.25, 0.3) is 0 Å². The lowest BCUT2D eigenvalue weighted by Crippen LogP contribution is -2.49. The van der Waals surface area contributed by atoms with Crippen LogP contribution in [0.15, 0.2) is 55.3 Å². The van der Waals surface area contributed by atoms with Crippen LogP contribution in [0.5, 0.6) is 0 Å². The molecule has 1 aliphatic heterocycles. The summed E-state index contributed by atoms with van der Waals surface area (Å²) in [4.78, 5) is 14.2. The summed E-state index contributed by atoms with van der Waals surface area (Å²) in [6.07, 6.45) is 3.90. The van der Waals surface area contributed by atoms with Crippen LogP contribution >= 0.6 is 0 Å². The molecule has 1 aliphatic carbocycles. The topological polar surface area (TPSA) is 144 Å². The number of nitriles is 1. The van der Waals surface area contributed by atoms with E-state index in [2.05, 4.69) is 46.9 Å². The number of hydrogen-bond acceptors (Lipinski definition) is 6. The maximum Gasteiger partial charge on any atom is 0.248 e. The number of hydrogen-bond donors (Lipinski definition) is 5. The monoisotopic (exact) mass is 539 g/mol. The average molecular weight is 540 g/mol. The predicted octanol–water partition coefficient (Wildman–Crippen LogP) is 3.56. The summed E-state index contributed by atoms with van der Waals surface area (Å²) in [5.41, 5.74) is 17.8. The van der Waals surface area contributed by atoms with Gasteiger partial charge in [-0.05, 0) is 98.5 Å². The van der Waals surface area contributed by atoms with Crippen LogP contribution in [0, 0.1) is 16.7 Å². The Morgan fingerprint density at radius 3 is 2.35 bits per heavy atom. The van der Waals surface area contributed by atoms with E-state index >= 15 is 0 Å². The zero-order valence-corrected chi connectivity index (χ0v) is 23.6. The Bertz CT molecular complexity index is 1300. The number of amides is 1. The van der Waals surface area contributed by atoms with E-state index in [1.807, 2.05) is 32.0 Å². The lowest BCUT2D eigenvalue weighted by atomic mass is 9.68. The molecule has 1 fully saturated rings. The zero-order valence-electron chi connectivity index (χ0n) is 23.6. The number of aryl methyl sites for hydroxylation is 2. The number of fused-ring (bicyclic) bond motifs is 2. The van der Waals surface area contributed by atoms with Crippen LogP contribution in [0.25, 0.3) is 5.70 Å². The predicted molar refractivity (Wildman–Crippen MR) is 161 cm³/mol. The van der Waals surface area contributed by atoms with Gasteiger partial charge in [0.1, 0.15) is 11.9 Å². The van der Waals surface area contributed by atoms with Gasteiger partial charge in [0.2, 0.25) is 5.91 Å². The van der Waals surface area contributed by atoms with Gasteiger partial charge in [-0.2, -0.15) is 5.26 Å². The fourth-order valence-electron chi connectivity index (χ4n) is 6.17. The highest BCUT2D eigenvalue weighted by Crippen LogP contribution is 2.43. The fraction of sp³-hybridized carbons (Fsp3) is 0.406. The quantitative estimate of drug-likeness (QED) is 0.177. The normalized spacial score (nSPS) is 19.8. The molecule has 2 unspecified atom stereocenters. The van der Waals surface area contributed by atoms with Crippen LogP contribution in [-0.4, -0.2) is 48.4 Å². The number of nitrogens with two attached hydrogens (primary N) is 2. The number of carbonyl (C=O) groups is 1. The van der Waals surface area contributed by atoms with Gasteiger partial charge in [-0.3, -0.25) is 10.2 Å². The molecule has 8 nitrogen and oxygen atoms in total. The van der Waals surface area contributed by atoms with E-state index in [-0.39, 0.29) is 12.1 Å². The van der Waals surface area contributed by atoms with Gasteiger partial charge < -0.3 is 27.0 Å². The van der Waals surface area contributed by atoms with Crippen molar-refractivity contribution in [2.45, 2.75) is 63.5 Å². The molecular formula is C32H41N7O. The molecule has 0 radical (unpaired) electrons. The first-order chi connectivity index (χ1) is 19.1. The minimum atomic E-state index is -0.798. The summed E-state index contributed by atoms with van der Waals surface area (Å²) in [5, 5.41) is 25.9. The molecule has 7 N–H and O–H groups in total. The highest BCUT2D eigenvalue weighted by atomic mass is 16.1. The van der Waals surface area contributed by atoms with Crippen molar-refractivity contribution in [1.29, 1.82) is 10.7 Å². The number of rotatable bonds is 10. The number of likely N-dealkylation sites (tertiary alicyclic amines) is 1. The van der Waals surface area contributed by atoms with E-state index in [0.29, 0.717) is 43.0 Å². The van der Waals surface area contributed by atoms with Gasteiger partial charge in [-0.1, -0.05) is 31.4 Å². The zero-order chi connectivity index (χ0) is 29.0. The van der Waals surface area contributed by atoms with Crippen LogP contribution in [0.2, 0.25) is 0 Å². The highest BCUT2D eigenvalue weighted by molar-refractivity contribution is 5.97. The summed E-state index contributed by atoms with van der Waals surface area (Å²) in [6.45, 7) is 14.3. The molecule has 4 rings (SSSR count). The maximum absolute atomic E-state index is 12.1. The number of amidine groups is 1. The van der Waals surface area contributed by atoms with Crippen LogP contribution < -0.4 is 22.1 Å². The molecule has 0 aromatic heterocycles. The van der Waals surface area contributed by atoms with Crippen LogP contribution in [0.1, 0.15) is 71.3 Å². The molecule has 1 amide bonds. The van der Waals surface area contributed by atoms with Crippen LogP contribution in [-0.2, 0) is 18.3 Å². The molecule has 1 saturated heterocycles. The Morgan fingerprint density at radius 1 is 1.15 bits per heavy atom. The molecule has 0 bridgehead atoms. The lowest BCUT2D eigenvalue weighted by molar-refractivity contribution is 0.1000. The second-order valence-corrected chi connectivity index (χ2v) is 11.2. The maximum atomic E-state index is 12.1. The minimum absolute atomic E-state index is 0.0540. The molecular weight excluding hydrogens is 498 g/mol. The smallest absolute Gasteiger partial charge is 0.248 e. The SMILES string of the molecule is C=C(N)c1ccc2c(c1)CCc1cc(C(N)=O)ccc1C2(CCNCC(=C)N1CCCC1C#N)C(=N)NC(C)C. The second kappa shape index (κ2) is 12.0. The Kier molecular flexibility index (Phi) is 8.65. The van der Waals surface area contributed by atoms with Crippen LogP contribution in [0.4, 0.5) is 0 Å². The first kappa shape index (κ1) is 28.9. The van der Waals surface area contributed by atoms with Crippen molar-refractivity contribution in [1.82, 2.24) is 15.5 Å². The van der Waals surface area contributed by atoms with Crippen molar-refractivity contribution in [3.63, 3.8) is 0 Å². The van der Waals surface area contributed by atoms with Crippen molar-refractivity contribution in [3.05, 3.63) is 88.6 Å². The third-order valence-corrected chi connectivity index (χ3v) is 8.12. The summed E-state index contributed by atoms with van der Waals surface area (Å²) < 4.78 is 0. The van der Waals surface area contributed by atoms with Gasteiger partial charge in [0, 0.05) is 36.1 Å². The number of nitrogens with zero attached hydrogens (tertiary/aromatic N) is 2. The first-order valence-corrected chi connectivity index (χ1v) is 14.0. The van der Waals surface area contributed by atoms with Crippen molar-refractivity contribution >= 4 is 17.4 Å². The lowest BCUT2D eigenvalue weighted by Gasteiger charge is -2.38. The molecule has 2 aromatic rings. The van der Waals surface area contributed by atoms with E-state index in [4.69, 9.17) is 11.5 Å². The van der Waals surface area contributed by atoms with E-state index in [9.17, 15) is 15.5 Å². The molecule has 0 spiro atoms. The third kappa shape index (κ3) is 5.61. The Hall–Kier alpha value is -4.09. The Morgan fingerprint density at radius 2 is 1.77 bits per heavy atom. The van der Waals surface area contributed by atoms with Gasteiger partial charge in [-0.15, -0.1) is 0 Å². The number of carbonyl (C=O) groups excluding carboxylic acids is 1. The Balaban J connectivity index is 1.76. The fourth-order valence-corrected chi connectivity index (χ4v) is 6.17. The first-order valence-electron chi connectivity index (χ1n) is 14.0. The molecule has 210 valence electrons. The summed E-state index contributed by atoms with van der Waals surface area (Å²) in [5.74, 6) is -0.0622.